The van der Waals surface area contributed by atoms with E-state index >= 15 is 0 Å². The Bertz CT molecular complexity index is 1310. The smallest absolute Gasteiger partial charge is 0.462 e. The van der Waals surface area contributed by atoms with Gasteiger partial charge in [-0.1, -0.05) is 189 Å². The van der Waals surface area contributed by atoms with Crippen LogP contribution in [0.15, 0.2) is 72.9 Å². The number of hydrogen-bond acceptors (Lipinski definition) is 7. The molecule has 0 rings (SSSR count). The number of hydrogen-bond donors (Lipinski definition) is 1. The summed E-state index contributed by atoms with van der Waals surface area (Å²) >= 11 is 0. The highest BCUT2D eigenvalue weighted by Gasteiger charge is 2.27. The van der Waals surface area contributed by atoms with Crippen LogP contribution < -0.4 is 0 Å². The second-order valence-corrected chi connectivity index (χ2v) is 19.6. The van der Waals surface area contributed by atoms with E-state index in [-0.39, 0.29) is 32.0 Å². The Morgan fingerprint density at radius 3 is 1.33 bits per heavy atom. The van der Waals surface area contributed by atoms with Gasteiger partial charge in [-0.2, -0.15) is 0 Å². The van der Waals surface area contributed by atoms with Crippen LogP contribution in [0.2, 0.25) is 0 Å². The molecule has 1 N–H and O–H groups in total. The van der Waals surface area contributed by atoms with E-state index < -0.39 is 26.5 Å². The highest BCUT2D eigenvalue weighted by Crippen LogP contribution is 2.43. The van der Waals surface area contributed by atoms with Crippen LogP contribution >= 0.6 is 7.82 Å². The molecule has 0 amide bonds. The van der Waals surface area contributed by atoms with Crippen molar-refractivity contribution in [3.8, 4) is 0 Å². The number of esters is 2. The van der Waals surface area contributed by atoms with Crippen LogP contribution in [-0.2, 0) is 32.7 Å². The summed E-state index contributed by atoms with van der Waals surface area (Å²) in [6.45, 7) is 4.23. The fraction of sp³-hybridized carbons (Fsp3) is 0.741. The number of carbonyl (C=O) groups excluding carboxylic acids is 2. The first-order valence-corrected chi connectivity index (χ1v) is 27.2. The molecule has 2 atom stereocenters. The number of rotatable bonds is 46. The number of ether oxygens (including phenoxy) is 2. The van der Waals surface area contributed by atoms with Gasteiger partial charge >= 0.3 is 19.8 Å². The lowest BCUT2D eigenvalue weighted by atomic mass is 10.0. The zero-order valence-electron chi connectivity index (χ0n) is 41.7. The number of quaternary nitrogens is 1. The molecule has 0 aromatic rings. The quantitative estimate of drug-likeness (QED) is 0.0211. The third-order valence-electron chi connectivity index (χ3n) is 10.7. The summed E-state index contributed by atoms with van der Waals surface area (Å²) < 4.78 is 34.4. The normalized spacial score (nSPS) is 14.0. The minimum absolute atomic E-state index is 0.0269. The van der Waals surface area contributed by atoms with Gasteiger partial charge < -0.3 is 18.9 Å². The molecule has 0 aliphatic heterocycles. The Morgan fingerprint density at radius 2 is 0.891 bits per heavy atom. The van der Waals surface area contributed by atoms with E-state index in [4.69, 9.17) is 18.5 Å². The number of allylic oxidation sites excluding steroid dienone is 12. The monoisotopic (exact) mass is 919 g/mol. The third-order valence-corrected chi connectivity index (χ3v) is 11.7. The van der Waals surface area contributed by atoms with Gasteiger partial charge in [-0.3, -0.25) is 18.6 Å². The number of likely N-dealkylation sites (N-methyl/N-ethyl adjacent to an activating group) is 1. The van der Waals surface area contributed by atoms with Crippen molar-refractivity contribution in [2.75, 3.05) is 47.5 Å². The molecule has 0 aromatic carbocycles. The Morgan fingerprint density at radius 1 is 0.500 bits per heavy atom. The van der Waals surface area contributed by atoms with Gasteiger partial charge in [-0.25, -0.2) is 4.57 Å². The van der Waals surface area contributed by atoms with Crippen molar-refractivity contribution >= 4 is 19.8 Å². The molecule has 0 aromatic heterocycles. The highest BCUT2D eigenvalue weighted by molar-refractivity contribution is 7.47. The van der Waals surface area contributed by atoms with Gasteiger partial charge in [0.25, 0.3) is 0 Å². The topological polar surface area (TPSA) is 108 Å². The van der Waals surface area contributed by atoms with Crippen molar-refractivity contribution in [3.63, 3.8) is 0 Å². The van der Waals surface area contributed by atoms with Crippen molar-refractivity contribution in [1.29, 1.82) is 0 Å². The van der Waals surface area contributed by atoms with E-state index in [9.17, 15) is 19.0 Å². The molecule has 0 aliphatic carbocycles. The highest BCUT2D eigenvalue weighted by atomic mass is 31.2. The zero-order chi connectivity index (χ0) is 47.1. The number of unbranched alkanes of at least 4 members (excludes halogenated alkanes) is 20. The van der Waals surface area contributed by atoms with Crippen molar-refractivity contribution in [2.45, 2.75) is 213 Å². The van der Waals surface area contributed by atoms with E-state index in [1.54, 1.807) is 0 Å². The molecule has 0 saturated carbocycles. The molecular formula is C54H97NO8P+. The molecule has 0 saturated heterocycles. The average Bonchev–Trinajstić information content (AvgIpc) is 3.25. The van der Waals surface area contributed by atoms with Crippen LogP contribution in [0.4, 0.5) is 0 Å². The van der Waals surface area contributed by atoms with E-state index in [2.05, 4.69) is 86.8 Å². The van der Waals surface area contributed by atoms with Crippen molar-refractivity contribution in [1.82, 2.24) is 0 Å². The summed E-state index contributed by atoms with van der Waals surface area (Å²) in [5.74, 6) is -0.816. The maximum absolute atomic E-state index is 12.8. The lowest BCUT2D eigenvalue weighted by Gasteiger charge is -2.24. The minimum atomic E-state index is -4.38. The second-order valence-electron chi connectivity index (χ2n) is 18.2. The number of nitrogens with zero attached hydrogens (tertiary/aromatic N) is 1. The van der Waals surface area contributed by atoms with E-state index in [1.807, 2.05) is 21.1 Å². The van der Waals surface area contributed by atoms with Crippen molar-refractivity contribution in [3.05, 3.63) is 72.9 Å². The van der Waals surface area contributed by atoms with Gasteiger partial charge in [0.15, 0.2) is 6.10 Å². The predicted molar refractivity (Wildman–Crippen MR) is 270 cm³/mol. The van der Waals surface area contributed by atoms with Crippen LogP contribution in [0.5, 0.6) is 0 Å². The van der Waals surface area contributed by atoms with Gasteiger partial charge in [-0.15, -0.1) is 0 Å². The molecule has 0 spiro atoms. The third kappa shape index (κ3) is 48.9. The zero-order valence-corrected chi connectivity index (χ0v) is 42.6. The maximum Gasteiger partial charge on any atom is 0.472 e. The summed E-state index contributed by atoms with van der Waals surface area (Å²) in [6, 6.07) is 0. The SMILES string of the molecule is CC/C=C\C/C=C\C/C=C\C/C=C\CCCCCCCCCCCCCCCCC(=O)OC(COC(=O)CCCCCCC/C=C\C/C=C\CCC)COP(=O)(O)OCC[N+](C)(C)C. The standard InChI is InChI=1S/C54H96NO8P/c1-6-8-10-12-14-16-18-20-21-22-23-24-25-26-27-28-29-30-31-32-33-35-37-39-41-43-45-47-54(57)63-52(51-62-64(58,59)61-49-48-55(3,4)5)50-60-53(56)46-44-42-40-38-36-34-19-17-15-13-11-9-7-2/h8,10-11,13-14,16-17,19-21,23-24,52H,6-7,9,12,15,18,22,25-51H2,1-5H3/p+1/b10-8-,13-11-,16-14-,19-17-,21-20-,24-23-. The number of phosphoric ester groups is 1. The summed E-state index contributed by atoms with van der Waals surface area (Å²) in [4.78, 5) is 35.5. The molecule has 0 fully saturated rings. The molecule has 0 aliphatic rings. The van der Waals surface area contributed by atoms with E-state index in [1.165, 1.54) is 77.0 Å². The lowest BCUT2D eigenvalue weighted by Crippen LogP contribution is -2.37. The average molecular weight is 919 g/mol. The van der Waals surface area contributed by atoms with Gasteiger partial charge in [0.2, 0.25) is 0 Å². The number of carbonyl (C=O) groups is 2. The van der Waals surface area contributed by atoms with Gasteiger partial charge in [0.05, 0.1) is 27.7 Å². The van der Waals surface area contributed by atoms with Crippen molar-refractivity contribution in [2.24, 2.45) is 0 Å². The molecule has 0 bridgehead atoms. The maximum atomic E-state index is 12.8. The molecule has 9 nitrogen and oxygen atoms in total. The summed E-state index contributed by atoms with van der Waals surface area (Å²) in [7, 11) is 1.46. The molecule has 10 heteroatoms. The van der Waals surface area contributed by atoms with Gasteiger partial charge in [0, 0.05) is 12.8 Å². The Labute approximate surface area is 393 Å². The predicted octanol–water partition coefficient (Wildman–Crippen LogP) is 15.4. The van der Waals surface area contributed by atoms with E-state index in [0.29, 0.717) is 17.4 Å². The fourth-order valence-electron chi connectivity index (χ4n) is 6.75. The Hall–Kier alpha value is -2.55. The summed E-state index contributed by atoms with van der Waals surface area (Å²) in [5, 5.41) is 0. The van der Waals surface area contributed by atoms with Gasteiger partial charge in [-0.05, 0) is 77.0 Å². The molecule has 370 valence electrons. The molecular weight excluding hydrogens is 822 g/mol. The Kier molecular flexibility index (Phi) is 43.8. The molecule has 0 radical (unpaired) electrons. The summed E-state index contributed by atoms with van der Waals surface area (Å²) in [5.41, 5.74) is 0. The van der Waals surface area contributed by atoms with Crippen LogP contribution in [-0.4, -0.2) is 74.9 Å². The Balaban J connectivity index is 4.17. The number of phosphoric acid groups is 1. The second kappa shape index (κ2) is 45.6. The van der Waals surface area contributed by atoms with Crippen LogP contribution in [0.1, 0.15) is 206 Å². The van der Waals surface area contributed by atoms with Gasteiger partial charge in [0.1, 0.15) is 19.8 Å². The first kappa shape index (κ1) is 61.5. The summed E-state index contributed by atoms with van der Waals surface area (Å²) in [6.07, 6.45) is 58.2. The van der Waals surface area contributed by atoms with Crippen molar-refractivity contribution < 1.29 is 42.1 Å². The fourth-order valence-corrected chi connectivity index (χ4v) is 7.49. The van der Waals surface area contributed by atoms with Crippen LogP contribution in [0.3, 0.4) is 0 Å². The lowest BCUT2D eigenvalue weighted by molar-refractivity contribution is -0.870. The largest absolute Gasteiger partial charge is 0.472 e. The van der Waals surface area contributed by atoms with Crippen LogP contribution in [0, 0.1) is 0 Å². The van der Waals surface area contributed by atoms with Crippen LogP contribution in [0.25, 0.3) is 0 Å². The first-order valence-electron chi connectivity index (χ1n) is 25.7. The van der Waals surface area contributed by atoms with E-state index in [0.717, 1.165) is 96.3 Å². The minimum Gasteiger partial charge on any atom is -0.462 e. The molecule has 64 heavy (non-hydrogen) atoms. The molecule has 2 unspecified atom stereocenters. The first-order chi connectivity index (χ1) is 31.0. The molecule has 0 heterocycles.